The Morgan fingerprint density at radius 1 is 0.871 bits per heavy atom. The van der Waals surface area contributed by atoms with Gasteiger partial charge in [0.25, 0.3) is 0 Å². The summed E-state index contributed by atoms with van der Waals surface area (Å²) in [6.07, 6.45) is 0. The first-order valence-corrected chi connectivity index (χ1v) is 11.0. The molecule has 0 saturated heterocycles. The fourth-order valence-corrected chi connectivity index (χ4v) is 4.67. The molecule has 0 N–H and O–H groups in total. The number of aryl methyl sites for hydroxylation is 1. The maximum atomic E-state index is 13.9. The van der Waals surface area contributed by atoms with Crippen LogP contribution in [0.15, 0.2) is 78.0 Å². The van der Waals surface area contributed by atoms with Gasteiger partial charge in [0.05, 0.1) is 34.4 Å². The fourth-order valence-electron chi connectivity index (χ4n) is 3.64. The van der Waals surface area contributed by atoms with Crippen molar-refractivity contribution in [2.24, 2.45) is 7.05 Å². The van der Waals surface area contributed by atoms with Gasteiger partial charge in [-0.1, -0.05) is 48.2 Å². The second kappa shape index (κ2) is 8.43. The molecule has 0 aliphatic rings. The van der Waals surface area contributed by atoms with Gasteiger partial charge in [-0.05, 0) is 36.4 Å². The van der Waals surface area contributed by atoms with Gasteiger partial charge in [0, 0.05) is 7.05 Å². The lowest BCUT2D eigenvalue weighted by Gasteiger charge is -2.11. The molecule has 0 spiro atoms. The van der Waals surface area contributed by atoms with Crippen molar-refractivity contribution in [2.45, 2.75) is 17.5 Å². The second-order valence-corrected chi connectivity index (χ2v) is 8.12. The zero-order chi connectivity index (χ0) is 21.2. The number of benzene rings is 3. The Morgan fingerprint density at radius 2 is 1.55 bits per heavy atom. The molecule has 156 valence electrons. The lowest BCUT2D eigenvalue weighted by atomic mass is 10.3. The summed E-state index contributed by atoms with van der Waals surface area (Å²) in [6, 6.07) is 22.6. The summed E-state index contributed by atoms with van der Waals surface area (Å²) in [4.78, 5) is 9.57. The van der Waals surface area contributed by atoms with Crippen LogP contribution in [0.5, 0.6) is 5.75 Å². The first-order valence-electron chi connectivity index (χ1n) is 10.1. The summed E-state index contributed by atoms with van der Waals surface area (Å²) in [5.74, 6) is 1.60. The number of fused-ring (bicyclic) bond motifs is 2. The number of thioether (sulfide) groups is 1. The SMILES string of the molecule is Cn1c(CSc2nc3ccccc3n2CCOc2ccccc2F)nc2ccccc21. The largest absolute Gasteiger partial charge is 0.489 e. The van der Waals surface area contributed by atoms with E-state index in [9.17, 15) is 4.39 Å². The van der Waals surface area contributed by atoms with Crippen LogP contribution in [0.2, 0.25) is 0 Å². The number of para-hydroxylation sites is 5. The van der Waals surface area contributed by atoms with Crippen LogP contribution in [0.25, 0.3) is 22.1 Å². The predicted octanol–water partition coefficient (Wildman–Crippen LogP) is 5.43. The minimum Gasteiger partial charge on any atom is -0.489 e. The molecule has 2 aromatic heterocycles. The lowest BCUT2D eigenvalue weighted by molar-refractivity contribution is 0.282. The van der Waals surface area contributed by atoms with Crippen LogP contribution in [0.4, 0.5) is 4.39 Å². The fraction of sp³-hybridized carbons (Fsp3) is 0.167. The van der Waals surface area contributed by atoms with Crippen molar-refractivity contribution in [3.63, 3.8) is 0 Å². The van der Waals surface area contributed by atoms with E-state index in [1.807, 2.05) is 49.5 Å². The molecule has 5 rings (SSSR count). The maximum absolute atomic E-state index is 13.9. The Labute approximate surface area is 183 Å². The van der Waals surface area contributed by atoms with Gasteiger partial charge < -0.3 is 13.9 Å². The molecule has 5 nitrogen and oxygen atoms in total. The normalized spacial score (nSPS) is 11.4. The third-order valence-corrected chi connectivity index (χ3v) is 6.21. The number of halogens is 1. The molecule has 0 bridgehead atoms. The molecule has 0 amide bonds. The number of ether oxygens (including phenoxy) is 1. The van der Waals surface area contributed by atoms with Crippen molar-refractivity contribution >= 4 is 33.8 Å². The van der Waals surface area contributed by atoms with Gasteiger partial charge in [0.2, 0.25) is 0 Å². The molecule has 7 heteroatoms. The highest BCUT2D eigenvalue weighted by molar-refractivity contribution is 7.98. The van der Waals surface area contributed by atoms with E-state index in [1.54, 1.807) is 30.0 Å². The smallest absolute Gasteiger partial charge is 0.169 e. The number of nitrogens with zero attached hydrogens (tertiary/aromatic N) is 4. The van der Waals surface area contributed by atoms with Crippen molar-refractivity contribution in [3.05, 3.63) is 84.4 Å². The van der Waals surface area contributed by atoms with E-state index in [4.69, 9.17) is 14.7 Å². The Morgan fingerprint density at radius 3 is 2.32 bits per heavy atom. The molecule has 0 aliphatic heterocycles. The standard InChI is InChI=1S/C24H21FN4OS/c1-28-20-11-5-3-9-18(20)26-23(28)16-31-24-27-19-10-4-6-12-21(19)29(24)14-15-30-22-13-7-2-8-17(22)25/h2-13H,14-16H2,1H3. The highest BCUT2D eigenvalue weighted by atomic mass is 32.2. The quantitative estimate of drug-likeness (QED) is 0.322. The predicted molar refractivity (Wildman–Crippen MR) is 122 cm³/mol. The molecule has 3 aromatic carbocycles. The molecular formula is C24H21FN4OS. The Balaban J connectivity index is 1.38. The van der Waals surface area contributed by atoms with Crippen molar-refractivity contribution < 1.29 is 9.13 Å². The molecular weight excluding hydrogens is 411 g/mol. The van der Waals surface area contributed by atoms with E-state index in [0.29, 0.717) is 18.9 Å². The summed E-state index contributed by atoms with van der Waals surface area (Å²) >= 11 is 1.64. The molecule has 0 saturated carbocycles. The zero-order valence-corrected chi connectivity index (χ0v) is 17.8. The van der Waals surface area contributed by atoms with Gasteiger partial charge >= 0.3 is 0 Å². The second-order valence-electron chi connectivity index (χ2n) is 7.18. The first-order chi connectivity index (χ1) is 15.2. The molecule has 2 heterocycles. The summed E-state index contributed by atoms with van der Waals surface area (Å²) in [6.45, 7) is 0.918. The lowest BCUT2D eigenvalue weighted by Crippen LogP contribution is -2.10. The Bertz CT molecular complexity index is 1360. The molecule has 0 atom stereocenters. The summed E-state index contributed by atoms with van der Waals surface area (Å²) in [5.41, 5.74) is 4.07. The number of imidazole rings is 2. The van der Waals surface area contributed by atoms with E-state index in [1.165, 1.54) is 6.07 Å². The molecule has 0 fully saturated rings. The van der Waals surface area contributed by atoms with Crippen molar-refractivity contribution in [2.75, 3.05) is 6.61 Å². The van der Waals surface area contributed by atoms with E-state index in [2.05, 4.69) is 15.2 Å². The van der Waals surface area contributed by atoms with Gasteiger partial charge in [-0.2, -0.15) is 0 Å². The first kappa shape index (κ1) is 19.6. The number of hydrogen-bond acceptors (Lipinski definition) is 4. The highest BCUT2D eigenvalue weighted by Gasteiger charge is 2.14. The molecule has 0 radical (unpaired) electrons. The molecule has 31 heavy (non-hydrogen) atoms. The maximum Gasteiger partial charge on any atom is 0.169 e. The van der Waals surface area contributed by atoms with Crippen LogP contribution in [-0.4, -0.2) is 25.7 Å². The highest BCUT2D eigenvalue weighted by Crippen LogP contribution is 2.28. The number of hydrogen-bond donors (Lipinski definition) is 0. The van der Waals surface area contributed by atoms with Gasteiger partial charge in [0.1, 0.15) is 12.4 Å². The summed E-state index contributed by atoms with van der Waals surface area (Å²) in [5, 5.41) is 0.894. The van der Waals surface area contributed by atoms with Gasteiger partial charge in [0.15, 0.2) is 16.7 Å². The molecule has 0 unspecified atom stereocenters. The van der Waals surface area contributed by atoms with Gasteiger partial charge in [-0.25, -0.2) is 14.4 Å². The minimum absolute atomic E-state index is 0.265. The van der Waals surface area contributed by atoms with E-state index in [-0.39, 0.29) is 11.6 Å². The average Bonchev–Trinajstić information content (AvgIpc) is 3.31. The summed E-state index contributed by atoms with van der Waals surface area (Å²) < 4.78 is 23.8. The van der Waals surface area contributed by atoms with Crippen molar-refractivity contribution in [3.8, 4) is 5.75 Å². The monoisotopic (exact) mass is 432 g/mol. The molecule has 0 aliphatic carbocycles. The topological polar surface area (TPSA) is 44.9 Å². The van der Waals surface area contributed by atoms with Crippen LogP contribution in [-0.2, 0) is 19.3 Å². The third-order valence-electron chi connectivity index (χ3n) is 5.24. The van der Waals surface area contributed by atoms with Crippen LogP contribution in [0.1, 0.15) is 5.82 Å². The van der Waals surface area contributed by atoms with Crippen LogP contribution in [0, 0.1) is 5.82 Å². The number of aromatic nitrogens is 4. The van der Waals surface area contributed by atoms with E-state index in [0.717, 1.165) is 33.0 Å². The van der Waals surface area contributed by atoms with Crippen molar-refractivity contribution in [1.29, 1.82) is 0 Å². The van der Waals surface area contributed by atoms with E-state index >= 15 is 0 Å². The third kappa shape index (κ3) is 3.88. The summed E-state index contributed by atoms with van der Waals surface area (Å²) in [7, 11) is 2.04. The number of rotatable bonds is 7. The van der Waals surface area contributed by atoms with Crippen LogP contribution < -0.4 is 4.74 Å². The Kier molecular flexibility index (Phi) is 5.34. The zero-order valence-electron chi connectivity index (χ0n) is 17.0. The Hall–Kier alpha value is -3.32. The average molecular weight is 433 g/mol. The van der Waals surface area contributed by atoms with Crippen LogP contribution >= 0.6 is 11.8 Å². The van der Waals surface area contributed by atoms with Gasteiger partial charge in [-0.3, -0.25) is 0 Å². The minimum atomic E-state index is -0.352. The van der Waals surface area contributed by atoms with Gasteiger partial charge in [-0.15, -0.1) is 0 Å². The van der Waals surface area contributed by atoms with Crippen molar-refractivity contribution in [1.82, 2.24) is 19.1 Å². The van der Waals surface area contributed by atoms with E-state index < -0.39 is 0 Å². The van der Waals surface area contributed by atoms with Crippen LogP contribution in [0.3, 0.4) is 0 Å². The molecule has 5 aromatic rings.